The lowest BCUT2D eigenvalue weighted by atomic mass is 9.95. The molecule has 5 rings (SSSR count). The second-order valence-electron chi connectivity index (χ2n) is 8.97. The fourth-order valence-electron chi connectivity index (χ4n) is 4.60. The van der Waals surface area contributed by atoms with Gasteiger partial charge in [0.2, 0.25) is 0 Å². The van der Waals surface area contributed by atoms with Crippen molar-refractivity contribution in [2.75, 3.05) is 32.3 Å². The van der Waals surface area contributed by atoms with Crippen molar-refractivity contribution >= 4 is 44.1 Å². The lowest BCUT2D eigenvalue weighted by Crippen LogP contribution is -2.29. The SMILES string of the molecule is C=CCOc1ccc(C2C(=C(O)c3ccc(OC)cc3)C(=O)C(=O)N2c2nc3ccc(OC)cc3s2)cc1OCC. The number of hydrogen-bond acceptors (Lipinski definition) is 9. The van der Waals surface area contributed by atoms with Crippen molar-refractivity contribution in [3.63, 3.8) is 0 Å². The van der Waals surface area contributed by atoms with Gasteiger partial charge in [0.15, 0.2) is 16.6 Å². The lowest BCUT2D eigenvalue weighted by Gasteiger charge is -2.24. The topological polar surface area (TPSA) is 107 Å². The molecule has 0 spiro atoms. The molecule has 1 aliphatic heterocycles. The largest absolute Gasteiger partial charge is 0.507 e. The number of aliphatic hydroxyl groups is 1. The van der Waals surface area contributed by atoms with Crippen LogP contribution >= 0.6 is 11.3 Å². The summed E-state index contributed by atoms with van der Waals surface area (Å²) in [5.74, 6) is 0.185. The van der Waals surface area contributed by atoms with E-state index in [-0.39, 0.29) is 17.9 Å². The number of carbonyl (C=O) groups is 2. The van der Waals surface area contributed by atoms with E-state index in [0.717, 1.165) is 4.70 Å². The number of thiazole rings is 1. The van der Waals surface area contributed by atoms with Crippen LogP contribution in [-0.2, 0) is 9.59 Å². The van der Waals surface area contributed by atoms with E-state index in [4.69, 9.17) is 18.9 Å². The van der Waals surface area contributed by atoms with Crippen molar-refractivity contribution in [1.29, 1.82) is 0 Å². The normalized spacial score (nSPS) is 16.2. The number of amides is 1. The summed E-state index contributed by atoms with van der Waals surface area (Å²) in [7, 11) is 3.10. The molecule has 1 amide bonds. The van der Waals surface area contributed by atoms with Crippen LogP contribution in [0.5, 0.6) is 23.0 Å². The van der Waals surface area contributed by atoms with Gasteiger partial charge in [-0.3, -0.25) is 14.5 Å². The number of fused-ring (bicyclic) bond motifs is 1. The van der Waals surface area contributed by atoms with Crippen LogP contribution < -0.4 is 23.8 Å². The summed E-state index contributed by atoms with van der Waals surface area (Å²) >= 11 is 1.25. The first-order chi connectivity index (χ1) is 19.9. The summed E-state index contributed by atoms with van der Waals surface area (Å²) in [6, 6.07) is 16.1. The van der Waals surface area contributed by atoms with Gasteiger partial charge in [-0.2, -0.15) is 0 Å². The molecule has 1 fully saturated rings. The van der Waals surface area contributed by atoms with E-state index < -0.39 is 17.7 Å². The van der Waals surface area contributed by atoms with Crippen LogP contribution in [0.15, 0.2) is 78.9 Å². The summed E-state index contributed by atoms with van der Waals surface area (Å²) in [4.78, 5) is 33.2. The molecule has 210 valence electrons. The van der Waals surface area contributed by atoms with E-state index in [1.807, 2.05) is 13.0 Å². The molecular formula is C31H28N2O7S. The van der Waals surface area contributed by atoms with Crippen molar-refractivity contribution in [1.82, 2.24) is 4.98 Å². The highest BCUT2D eigenvalue weighted by molar-refractivity contribution is 7.22. The van der Waals surface area contributed by atoms with Crippen LogP contribution in [0.3, 0.4) is 0 Å². The molecule has 1 aromatic heterocycles. The minimum atomic E-state index is -0.993. The molecule has 41 heavy (non-hydrogen) atoms. The van der Waals surface area contributed by atoms with E-state index in [0.29, 0.717) is 51.4 Å². The smallest absolute Gasteiger partial charge is 0.301 e. The predicted octanol–water partition coefficient (Wildman–Crippen LogP) is 5.90. The van der Waals surface area contributed by atoms with Gasteiger partial charge < -0.3 is 24.1 Å². The summed E-state index contributed by atoms with van der Waals surface area (Å²) in [6.45, 7) is 6.16. The number of anilines is 1. The Labute approximate surface area is 240 Å². The van der Waals surface area contributed by atoms with E-state index in [2.05, 4.69) is 11.6 Å². The maximum Gasteiger partial charge on any atom is 0.301 e. The Morgan fingerprint density at radius 1 is 1.00 bits per heavy atom. The summed E-state index contributed by atoms with van der Waals surface area (Å²) in [6.07, 6.45) is 1.62. The van der Waals surface area contributed by atoms with Gasteiger partial charge in [-0.1, -0.05) is 30.1 Å². The molecular weight excluding hydrogens is 544 g/mol. The van der Waals surface area contributed by atoms with Crippen LogP contribution in [0.4, 0.5) is 5.13 Å². The molecule has 1 saturated heterocycles. The van der Waals surface area contributed by atoms with Gasteiger partial charge in [0.05, 0.1) is 42.7 Å². The van der Waals surface area contributed by atoms with Crippen LogP contribution in [0, 0.1) is 0 Å². The summed E-state index contributed by atoms with van der Waals surface area (Å²) in [5.41, 5.74) is 1.47. The van der Waals surface area contributed by atoms with Crippen LogP contribution in [0.1, 0.15) is 24.1 Å². The van der Waals surface area contributed by atoms with Gasteiger partial charge in [0.1, 0.15) is 23.9 Å². The molecule has 0 bridgehead atoms. The van der Waals surface area contributed by atoms with Gasteiger partial charge in [-0.15, -0.1) is 0 Å². The van der Waals surface area contributed by atoms with Gasteiger partial charge in [0.25, 0.3) is 5.78 Å². The molecule has 10 heteroatoms. The Morgan fingerprint density at radius 3 is 2.41 bits per heavy atom. The molecule has 4 aromatic rings. The van der Waals surface area contributed by atoms with Gasteiger partial charge in [0, 0.05) is 5.56 Å². The fourth-order valence-corrected chi connectivity index (χ4v) is 5.62. The van der Waals surface area contributed by atoms with Crippen molar-refractivity contribution < 1.29 is 33.6 Å². The third-order valence-electron chi connectivity index (χ3n) is 6.54. The minimum Gasteiger partial charge on any atom is -0.507 e. The number of benzene rings is 3. The average Bonchev–Trinajstić information content (AvgIpc) is 3.53. The number of ketones is 1. The Kier molecular flexibility index (Phi) is 7.93. The van der Waals surface area contributed by atoms with E-state index >= 15 is 0 Å². The zero-order chi connectivity index (χ0) is 29.1. The van der Waals surface area contributed by atoms with Crippen molar-refractivity contribution in [3.8, 4) is 23.0 Å². The molecule has 9 nitrogen and oxygen atoms in total. The number of aromatic nitrogens is 1. The summed E-state index contributed by atoms with van der Waals surface area (Å²) in [5, 5.41) is 11.8. The van der Waals surface area contributed by atoms with Gasteiger partial charge >= 0.3 is 5.91 Å². The van der Waals surface area contributed by atoms with Crippen molar-refractivity contribution in [2.45, 2.75) is 13.0 Å². The molecule has 1 N–H and O–H groups in total. The third kappa shape index (κ3) is 5.21. The van der Waals surface area contributed by atoms with E-state index in [1.54, 1.807) is 67.8 Å². The maximum absolute atomic E-state index is 13.6. The Balaban J connectivity index is 1.71. The average molecular weight is 573 g/mol. The molecule has 2 heterocycles. The number of ether oxygens (including phenoxy) is 4. The Morgan fingerprint density at radius 2 is 1.73 bits per heavy atom. The minimum absolute atomic E-state index is 0.0702. The first-order valence-corrected chi connectivity index (χ1v) is 13.6. The Bertz CT molecular complexity index is 1660. The molecule has 0 radical (unpaired) electrons. The highest BCUT2D eigenvalue weighted by atomic mass is 32.1. The predicted molar refractivity (Wildman–Crippen MR) is 157 cm³/mol. The maximum atomic E-state index is 13.6. The zero-order valence-corrected chi connectivity index (χ0v) is 23.6. The molecule has 1 atom stereocenters. The van der Waals surface area contributed by atoms with Crippen molar-refractivity contribution in [3.05, 3.63) is 90.0 Å². The number of rotatable bonds is 10. The van der Waals surface area contributed by atoms with E-state index in [1.165, 1.54) is 23.3 Å². The van der Waals surface area contributed by atoms with Crippen LogP contribution in [0.25, 0.3) is 16.0 Å². The number of carbonyl (C=O) groups excluding carboxylic acids is 2. The fraction of sp³-hybridized carbons (Fsp3) is 0.194. The highest BCUT2D eigenvalue weighted by Gasteiger charge is 2.48. The molecule has 0 saturated carbocycles. The second-order valence-corrected chi connectivity index (χ2v) is 9.98. The third-order valence-corrected chi connectivity index (χ3v) is 7.56. The molecule has 3 aromatic carbocycles. The first kappa shape index (κ1) is 27.7. The summed E-state index contributed by atoms with van der Waals surface area (Å²) < 4.78 is 22.9. The van der Waals surface area contributed by atoms with Crippen LogP contribution in [0.2, 0.25) is 0 Å². The number of nitrogens with zero attached hydrogens (tertiary/aromatic N) is 2. The molecule has 1 aliphatic rings. The highest BCUT2D eigenvalue weighted by Crippen LogP contribution is 2.46. The standard InChI is InChI=1S/C31H28N2O7S/c1-5-15-40-23-14-9-19(16-24(23)39-6-2)27-26(28(34)18-7-10-20(37-3)11-8-18)29(35)30(36)33(27)31-32-22-13-12-21(38-4)17-25(22)41-31/h5,7-14,16-17,27,34H,1,6,15H2,2-4H3. The molecule has 1 unspecified atom stereocenters. The Hall–Kier alpha value is -4.83. The monoisotopic (exact) mass is 572 g/mol. The van der Waals surface area contributed by atoms with Gasteiger partial charge in [-0.25, -0.2) is 4.98 Å². The van der Waals surface area contributed by atoms with Crippen LogP contribution in [-0.4, -0.2) is 49.2 Å². The number of Topliss-reactive ketones (excluding diaryl/α,β-unsaturated/α-hetero) is 1. The quantitative estimate of drug-likeness (QED) is 0.108. The first-order valence-electron chi connectivity index (χ1n) is 12.8. The molecule has 0 aliphatic carbocycles. The van der Waals surface area contributed by atoms with E-state index in [9.17, 15) is 14.7 Å². The number of aliphatic hydroxyl groups excluding tert-OH is 1. The van der Waals surface area contributed by atoms with Gasteiger partial charge in [-0.05, 0) is 67.1 Å². The van der Waals surface area contributed by atoms with Crippen molar-refractivity contribution in [2.24, 2.45) is 0 Å². The zero-order valence-electron chi connectivity index (χ0n) is 22.7. The second kappa shape index (κ2) is 11.7. The number of methoxy groups -OCH3 is 2. The number of hydrogen-bond donors (Lipinski definition) is 1. The lowest BCUT2D eigenvalue weighted by molar-refractivity contribution is -0.132.